The molecule has 2 fully saturated rings. The molecule has 7 nitrogen and oxygen atoms in total. The minimum Gasteiger partial charge on any atom is -0.485 e. The summed E-state index contributed by atoms with van der Waals surface area (Å²) in [5.41, 5.74) is 0.794. The lowest BCUT2D eigenvalue weighted by molar-refractivity contribution is 0.0865. The molecular weight excluding hydrogens is 284 g/mol. The van der Waals surface area contributed by atoms with Gasteiger partial charge in [0.25, 0.3) is 5.91 Å². The van der Waals surface area contributed by atoms with Crippen LogP contribution in [0.3, 0.4) is 0 Å². The molecule has 116 valence electrons. The fraction of sp³-hybridized carbons (Fsp3) is 0.533. The van der Waals surface area contributed by atoms with Crippen molar-refractivity contribution in [3.8, 4) is 5.75 Å². The van der Waals surface area contributed by atoms with Gasteiger partial charge in [-0.1, -0.05) is 0 Å². The number of carbonyl (C=O) groups is 1. The maximum Gasteiger partial charge on any atom is 0.289 e. The van der Waals surface area contributed by atoms with Crippen molar-refractivity contribution >= 4 is 5.91 Å². The van der Waals surface area contributed by atoms with Crippen molar-refractivity contribution < 1.29 is 13.9 Å². The third kappa shape index (κ3) is 2.58. The molecule has 2 atom stereocenters. The SMILES string of the molecule is O=C(N[C@H]1CCC[C@H]1Oc1cn[nH]c1)c1ocnc1C1CC1. The molecule has 2 saturated carbocycles. The van der Waals surface area contributed by atoms with Crippen molar-refractivity contribution in [1.82, 2.24) is 20.5 Å². The van der Waals surface area contributed by atoms with Gasteiger partial charge < -0.3 is 14.5 Å². The predicted molar refractivity (Wildman–Crippen MR) is 76.6 cm³/mol. The maximum absolute atomic E-state index is 12.4. The molecule has 2 aliphatic rings. The standard InChI is InChI=1S/C15H18N4O3/c20-15(14-13(9-4-5-9)16-8-21-14)19-11-2-1-3-12(11)22-10-6-17-18-7-10/h6-9,11-12H,1-5H2,(H,17,18)(H,19,20)/t11-,12+/m0/s1. The zero-order valence-corrected chi connectivity index (χ0v) is 12.1. The molecule has 2 heterocycles. The molecule has 2 aliphatic carbocycles. The predicted octanol–water partition coefficient (Wildman–Crippen LogP) is 2.00. The quantitative estimate of drug-likeness (QED) is 0.881. The smallest absolute Gasteiger partial charge is 0.289 e. The van der Waals surface area contributed by atoms with E-state index in [0.29, 0.717) is 17.4 Å². The van der Waals surface area contributed by atoms with Gasteiger partial charge in [0, 0.05) is 5.92 Å². The average Bonchev–Trinajstić information content (AvgIpc) is 2.97. The number of nitrogens with one attached hydrogen (secondary N) is 2. The largest absolute Gasteiger partial charge is 0.485 e. The highest BCUT2D eigenvalue weighted by atomic mass is 16.5. The number of amides is 1. The molecule has 0 radical (unpaired) electrons. The molecule has 0 saturated heterocycles. The second-order valence-corrected chi connectivity index (χ2v) is 5.94. The zero-order chi connectivity index (χ0) is 14.9. The highest BCUT2D eigenvalue weighted by molar-refractivity contribution is 5.93. The summed E-state index contributed by atoms with van der Waals surface area (Å²) in [4.78, 5) is 16.6. The van der Waals surface area contributed by atoms with Crippen molar-refractivity contribution in [1.29, 1.82) is 0 Å². The summed E-state index contributed by atoms with van der Waals surface area (Å²) in [5, 5.41) is 9.63. The number of nitrogens with zero attached hydrogens (tertiary/aromatic N) is 2. The summed E-state index contributed by atoms with van der Waals surface area (Å²) in [6.45, 7) is 0. The van der Waals surface area contributed by atoms with Crippen LogP contribution < -0.4 is 10.1 Å². The number of aromatic amines is 1. The average molecular weight is 302 g/mol. The van der Waals surface area contributed by atoms with Crippen molar-refractivity contribution in [3.05, 3.63) is 30.2 Å². The summed E-state index contributed by atoms with van der Waals surface area (Å²) in [7, 11) is 0. The Morgan fingerprint density at radius 2 is 2.27 bits per heavy atom. The Morgan fingerprint density at radius 3 is 3.05 bits per heavy atom. The van der Waals surface area contributed by atoms with Gasteiger partial charge in [-0.25, -0.2) is 4.98 Å². The molecular formula is C15H18N4O3. The molecule has 2 N–H and O–H groups in total. The molecule has 0 aliphatic heterocycles. The van der Waals surface area contributed by atoms with Gasteiger partial charge in [0.2, 0.25) is 5.76 Å². The van der Waals surface area contributed by atoms with Crippen LogP contribution in [0.25, 0.3) is 0 Å². The van der Waals surface area contributed by atoms with E-state index in [9.17, 15) is 4.79 Å². The summed E-state index contributed by atoms with van der Waals surface area (Å²) in [6, 6.07) is -0.0143. The van der Waals surface area contributed by atoms with E-state index in [-0.39, 0.29) is 18.1 Å². The van der Waals surface area contributed by atoms with Crippen LogP contribution in [0.4, 0.5) is 0 Å². The Labute approximate surface area is 127 Å². The van der Waals surface area contributed by atoms with Crippen LogP contribution in [0.5, 0.6) is 5.75 Å². The van der Waals surface area contributed by atoms with Crippen LogP contribution in [-0.4, -0.2) is 33.2 Å². The Hall–Kier alpha value is -2.31. The molecule has 4 rings (SSSR count). The molecule has 0 spiro atoms. The first-order chi connectivity index (χ1) is 10.8. The van der Waals surface area contributed by atoms with Gasteiger partial charge in [-0.05, 0) is 32.1 Å². The molecule has 1 amide bonds. The first-order valence-electron chi connectivity index (χ1n) is 7.71. The van der Waals surface area contributed by atoms with Crippen molar-refractivity contribution in [2.24, 2.45) is 0 Å². The zero-order valence-electron chi connectivity index (χ0n) is 12.1. The topological polar surface area (TPSA) is 93.0 Å². The lowest BCUT2D eigenvalue weighted by atomic mass is 10.2. The first kappa shape index (κ1) is 13.4. The van der Waals surface area contributed by atoms with E-state index in [1.165, 1.54) is 6.39 Å². The molecule has 0 unspecified atom stereocenters. The van der Waals surface area contributed by atoms with E-state index in [0.717, 1.165) is 37.8 Å². The van der Waals surface area contributed by atoms with Gasteiger partial charge in [-0.2, -0.15) is 5.10 Å². The van der Waals surface area contributed by atoms with Crippen LogP contribution >= 0.6 is 0 Å². The van der Waals surface area contributed by atoms with E-state index in [1.807, 2.05) is 0 Å². The second kappa shape index (κ2) is 5.47. The van der Waals surface area contributed by atoms with Crippen LogP contribution in [0.15, 0.2) is 23.2 Å². The Kier molecular flexibility index (Phi) is 3.32. The lowest BCUT2D eigenvalue weighted by Crippen LogP contribution is -2.42. The number of ether oxygens (including phenoxy) is 1. The van der Waals surface area contributed by atoms with Gasteiger partial charge in [0.15, 0.2) is 12.1 Å². The fourth-order valence-electron chi connectivity index (χ4n) is 3.02. The van der Waals surface area contributed by atoms with Crippen LogP contribution in [0.1, 0.15) is 54.3 Å². The van der Waals surface area contributed by atoms with Gasteiger partial charge in [-0.3, -0.25) is 9.89 Å². The van der Waals surface area contributed by atoms with E-state index in [1.54, 1.807) is 12.4 Å². The van der Waals surface area contributed by atoms with Crippen molar-refractivity contribution in [2.75, 3.05) is 0 Å². The molecule has 0 aromatic carbocycles. The van der Waals surface area contributed by atoms with Gasteiger partial charge >= 0.3 is 0 Å². The Bertz CT molecular complexity index is 648. The summed E-state index contributed by atoms with van der Waals surface area (Å²) < 4.78 is 11.2. The van der Waals surface area contributed by atoms with Gasteiger partial charge in [-0.15, -0.1) is 0 Å². The minimum absolute atomic E-state index is 0.0143. The van der Waals surface area contributed by atoms with E-state index >= 15 is 0 Å². The molecule has 0 bridgehead atoms. The van der Waals surface area contributed by atoms with E-state index < -0.39 is 0 Å². The fourth-order valence-corrected chi connectivity index (χ4v) is 3.02. The first-order valence-corrected chi connectivity index (χ1v) is 7.71. The number of carbonyl (C=O) groups excluding carboxylic acids is 1. The monoisotopic (exact) mass is 302 g/mol. The molecule has 2 aromatic heterocycles. The normalized spacial score (nSPS) is 24.4. The molecule has 22 heavy (non-hydrogen) atoms. The third-order valence-electron chi connectivity index (χ3n) is 4.29. The number of oxazole rings is 1. The minimum atomic E-state index is -0.188. The number of aromatic nitrogens is 3. The Balaban J connectivity index is 1.43. The van der Waals surface area contributed by atoms with E-state index in [2.05, 4.69) is 20.5 Å². The third-order valence-corrected chi connectivity index (χ3v) is 4.29. The number of rotatable bonds is 5. The van der Waals surface area contributed by atoms with Crippen molar-refractivity contribution in [2.45, 2.75) is 50.2 Å². The summed E-state index contributed by atoms with van der Waals surface area (Å²) in [5.74, 6) is 1.26. The van der Waals surface area contributed by atoms with Crippen LogP contribution in [0.2, 0.25) is 0 Å². The second-order valence-electron chi connectivity index (χ2n) is 5.94. The Morgan fingerprint density at radius 1 is 1.36 bits per heavy atom. The van der Waals surface area contributed by atoms with Crippen LogP contribution in [-0.2, 0) is 0 Å². The lowest BCUT2D eigenvalue weighted by Gasteiger charge is -2.21. The highest BCUT2D eigenvalue weighted by Gasteiger charge is 2.35. The van der Waals surface area contributed by atoms with E-state index in [4.69, 9.17) is 9.15 Å². The maximum atomic E-state index is 12.4. The van der Waals surface area contributed by atoms with Gasteiger partial charge in [0.1, 0.15) is 6.10 Å². The molecule has 7 heteroatoms. The van der Waals surface area contributed by atoms with Gasteiger partial charge in [0.05, 0.1) is 24.1 Å². The highest BCUT2D eigenvalue weighted by Crippen LogP contribution is 2.40. The number of hydrogen-bond donors (Lipinski definition) is 2. The summed E-state index contributed by atoms with van der Waals surface area (Å²) >= 11 is 0. The number of H-pyrrole nitrogens is 1. The molecule has 2 aromatic rings. The summed E-state index contributed by atoms with van der Waals surface area (Å²) in [6.07, 6.45) is 9.69. The number of hydrogen-bond acceptors (Lipinski definition) is 5. The van der Waals surface area contributed by atoms with Crippen molar-refractivity contribution in [3.63, 3.8) is 0 Å². The van der Waals surface area contributed by atoms with Crippen LogP contribution in [0, 0.1) is 0 Å².